The Bertz CT molecular complexity index is 1120. The molecule has 0 saturated heterocycles. The van der Waals surface area contributed by atoms with Crippen molar-refractivity contribution < 1.29 is 18.0 Å². The van der Waals surface area contributed by atoms with Crippen molar-refractivity contribution in [1.82, 2.24) is 0 Å². The number of amides is 2. The molecule has 0 spiro atoms. The third-order valence-corrected chi connectivity index (χ3v) is 5.60. The number of nitrogens with zero attached hydrogens (tertiary/aromatic N) is 1. The number of imide groups is 1. The number of hydrogen-bond acceptors (Lipinski definition) is 4. The molecule has 3 aromatic carbocycles. The minimum absolute atomic E-state index is 0.121. The van der Waals surface area contributed by atoms with E-state index in [1.54, 1.807) is 60.7 Å². The average molecular weight is 378 g/mol. The molecule has 7 heteroatoms. The van der Waals surface area contributed by atoms with Crippen LogP contribution in [0.4, 0.5) is 11.4 Å². The number of fused-ring (bicyclic) bond motifs is 1. The molecule has 0 unspecified atom stereocenters. The fourth-order valence-electron chi connectivity index (χ4n) is 2.95. The van der Waals surface area contributed by atoms with Gasteiger partial charge in [0.05, 0.1) is 27.4 Å². The van der Waals surface area contributed by atoms with E-state index in [2.05, 4.69) is 4.72 Å². The molecule has 0 aromatic heterocycles. The zero-order valence-electron chi connectivity index (χ0n) is 14.0. The van der Waals surface area contributed by atoms with Crippen molar-refractivity contribution in [2.75, 3.05) is 9.62 Å². The maximum atomic E-state index is 12.6. The van der Waals surface area contributed by atoms with Crippen molar-refractivity contribution in [2.24, 2.45) is 0 Å². The zero-order chi connectivity index (χ0) is 19.0. The first-order chi connectivity index (χ1) is 13.0. The summed E-state index contributed by atoms with van der Waals surface area (Å²) in [5.74, 6) is -0.864. The van der Waals surface area contributed by atoms with E-state index in [-0.39, 0.29) is 10.6 Å². The maximum absolute atomic E-state index is 12.6. The van der Waals surface area contributed by atoms with Gasteiger partial charge in [0.15, 0.2) is 0 Å². The SMILES string of the molecule is O=C1c2ccccc2C(=O)N1c1cccc(NS(=O)(=O)c2ccccc2)c1. The van der Waals surface area contributed by atoms with Gasteiger partial charge in [-0.3, -0.25) is 14.3 Å². The van der Waals surface area contributed by atoms with E-state index in [9.17, 15) is 18.0 Å². The highest BCUT2D eigenvalue weighted by Gasteiger charge is 2.36. The Morgan fingerprint density at radius 3 is 1.93 bits per heavy atom. The molecule has 1 N–H and O–H groups in total. The van der Waals surface area contributed by atoms with Crippen LogP contribution < -0.4 is 9.62 Å². The molecule has 2 amide bonds. The number of carbonyl (C=O) groups excluding carboxylic acids is 2. The van der Waals surface area contributed by atoms with Gasteiger partial charge >= 0.3 is 0 Å². The first-order valence-corrected chi connectivity index (χ1v) is 9.61. The lowest BCUT2D eigenvalue weighted by molar-refractivity contribution is 0.0926. The summed E-state index contributed by atoms with van der Waals surface area (Å²) in [7, 11) is -3.77. The van der Waals surface area contributed by atoms with Crippen molar-refractivity contribution in [2.45, 2.75) is 4.90 Å². The van der Waals surface area contributed by atoms with Gasteiger partial charge in [-0.05, 0) is 42.5 Å². The van der Waals surface area contributed by atoms with Crippen molar-refractivity contribution in [3.63, 3.8) is 0 Å². The number of hydrogen-bond donors (Lipinski definition) is 1. The lowest BCUT2D eigenvalue weighted by atomic mass is 10.1. The Hall–Kier alpha value is -3.45. The van der Waals surface area contributed by atoms with Gasteiger partial charge in [0.1, 0.15) is 0 Å². The van der Waals surface area contributed by atoms with Gasteiger partial charge in [0.2, 0.25) is 0 Å². The van der Waals surface area contributed by atoms with Gasteiger partial charge in [-0.25, -0.2) is 13.3 Å². The smallest absolute Gasteiger partial charge is 0.266 e. The largest absolute Gasteiger partial charge is 0.280 e. The molecule has 6 nitrogen and oxygen atoms in total. The summed E-state index contributed by atoms with van der Waals surface area (Å²) in [6.45, 7) is 0. The Balaban J connectivity index is 1.67. The molecule has 0 aliphatic carbocycles. The quantitative estimate of drug-likeness (QED) is 0.706. The summed E-state index contributed by atoms with van der Waals surface area (Å²) in [6, 6.07) is 20.7. The highest BCUT2D eigenvalue weighted by atomic mass is 32.2. The summed E-state index contributed by atoms with van der Waals surface area (Å²) in [5.41, 5.74) is 1.22. The van der Waals surface area contributed by atoms with Crippen LogP contribution in [0, 0.1) is 0 Å². The average Bonchev–Trinajstić information content (AvgIpc) is 2.93. The van der Waals surface area contributed by atoms with E-state index in [0.29, 0.717) is 16.8 Å². The maximum Gasteiger partial charge on any atom is 0.266 e. The third kappa shape index (κ3) is 2.98. The second-order valence-corrected chi connectivity index (χ2v) is 7.64. The molecule has 1 aliphatic heterocycles. The first kappa shape index (κ1) is 17.0. The molecule has 0 atom stereocenters. The van der Waals surface area contributed by atoms with Crippen molar-refractivity contribution in [3.05, 3.63) is 90.0 Å². The van der Waals surface area contributed by atoms with E-state index in [0.717, 1.165) is 4.90 Å². The molecule has 3 aromatic rings. The van der Waals surface area contributed by atoms with E-state index < -0.39 is 21.8 Å². The molecule has 4 rings (SSSR count). The van der Waals surface area contributed by atoms with E-state index in [1.807, 2.05) is 0 Å². The second-order valence-electron chi connectivity index (χ2n) is 5.96. The fraction of sp³-hybridized carbons (Fsp3) is 0. The Morgan fingerprint density at radius 2 is 1.30 bits per heavy atom. The van der Waals surface area contributed by atoms with Gasteiger partial charge in [-0.2, -0.15) is 0 Å². The number of carbonyl (C=O) groups is 2. The zero-order valence-corrected chi connectivity index (χ0v) is 14.8. The fourth-order valence-corrected chi connectivity index (χ4v) is 4.02. The van der Waals surface area contributed by atoms with Crippen LogP contribution in [0.15, 0.2) is 83.8 Å². The summed E-state index contributed by atoms with van der Waals surface area (Å²) in [6.07, 6.45) is 0. The molecule has 0 bridgehead atoms. The molecule has 1 heterocycles. The van der Waals surface area contributed by atoms with Crippen LogP contribution in [0.2, 0.25) is 0 Å². The predicted molar refractivity (Wildman–Crippen MR) is 101 cm³/mol. The highest BCUT2D eigenvalue weighted by molar-refractivity contribution is 7.92. The minimum atomic E-state index is -3.77. The second kappa shape index (κ2) is 6.37. The Kier molecular flexibility index (Phi) is 4.01. The lowest BCUT2D eigenvalue weighted by Gasteiger charge is -2.15. The molecule has 0 saturated carbocycles. The topological polar surface area (TPSA) is 83.6 Å². The molecular formula is C20H14N2O4S. The van der Waals surface area contributed by atoms with Gasteiger partial charge in [-0.15, -0.1) is 0 Å². The van der Waals surface area contributed by atoms with Gasteiger partial charge in [0.25, 0.3) is 21.8 Å². The van der Waals surface area contributed by atoms with Crippen LogP contribution in [-0.2, 0) is 10.0 Å². The number of nitrogens with one attached hydrogen (secondary N) is 1. The molecule has 27 heavy (non-hydrogen) atoms. The number of rotatable bonds is 4. The summed E-state index contributed by atoms with van der Waals surface area (Å²) in [5, 5.41) is 0. The summed E-state index contributed by atoms with van der Waals surface area (Å²) >= 11 is 0. The number of anilines is 2. The first-order valence-electron chi connectivity index (χ1n) is 8.13. The molecule has 0 fully saturated rings. The minimum Gasteiger partial charge on any atom is -0.280 e. The third-order valence-electron chi connectivity index (χ3n) is 4.20. The monoisotopic (exact) mass is 378 g/mol. The molecule has 1 aliphatic rings. The van der Waals surface area contributed by atoms with Crippen LogP contribution in [0.3, 0.4) is 0 Å². The normalized spacial score (nSPS) is 13.6. The number of sulfonamides is 1. The highest BCUT2D eigenvalue weighted by Crippen LogP contribution is 2.30. The van der Waals surface area contributed by atoms with Crippen LogP contribution >= 0.6 is 0 Å². The predicted octanol–water partition coefficient (Wildman–Crippen LogP) is 3.29. The van der Waals surface area contributed by atoms with Crippen LogP contribution in [-0.4, -0.2) is 20.2 Å². The molecular weight excluding hydrogens is 364 g/mol. The lowest BCUT2D eigenvalue weighted by Crippen LogP contribution is -2.29. The van der Waals surface area contributed by atoms with Crippen LogP contribution in [0.1, 0.15) is 20.7 Å². The Labute approximate surface area is 156 Å². The van der Waals surface area contributed by atoms with Gasteiger partial charge in [0, 0.05) is 0 Å². The van der Waals surface area contributed by atoms with E-state index in [1.165, 1.54) is 18.2 Å². The van der Waals surface area contributed by atoms with Gasteiger partial charge < -0.3 is 0 Å². The van der Waals surface area contributed by atoms with Crippen molar-refractivity contribution in [3.8, 4) is 0 Å². The summed E-state index contributed by atoms with van der Waals surface area (Å²) < 4.78 is 27.4. The number of benzene rings is 3. The van der Waals surface area contributed by atoms with Crippen molar-refractivity contribution >= 4 is 33.2 Å². The van der Waals surface area contributed by atoms with E-state index >= 15 is 0 Å². The molecule has 0 radical (unpaired) electrons. The standard InChI is InChI=1S/C20H14N2O4S/c23-19-17-11-4-5-12-18(17)20(24)22(19)15-8-6-7-14(13-15)21-27(25,26)16-9-2-1-3-10-16/h1-13,21H. The summed E-state index contributed by atoms with van der Waals surface area (Å²) in [4.78, 5) is 26.4. The Morgan fingerprint density at radius 1 is 0.704 bits per heavy atom. The van der Waals surface area contributed by atoms with Crippen LogP contribution in [0.5, 0.6) is 0 Å². The van der Waals surface area contributed by atoms with Gasteiger partial charge in [-0.1, -0.05) is 36.4 Å². The molecule has 134 valence electrons. The van der Waals surface area contributed by atoms with Crippen molar-refractivity contribution in [1.29, 1.82) is 0 Å². The van der Waals surface area contributed by atoms with E-state index in [4.69, 9.17) is 0 Å². The van der Waals surface area contributed by atoms with Crippen LogP contribution in [0.25, 0.3) is 0 Å².